The molecule has 0 saturated heterocycles. The summed E-state index contributed by atoms with van der Waals surface area (Å²) in [6.07, 6.45) is -0.00541. The second-order valence-corrected chi connectivity index (χ2v) is 6.03. The maximum Gasteiger partial charge on any atom is 0.265 e. The maximum absolute atomic E-state index is 12.9. The van der Waals surface area contributed by atoms with E-state index >= 15 is 0 Å². The Bertz CT molecular complexity index is 762. The van der Waals surface area contributed by atoms with E-state index in [1.165, 1.54) is 24.3 Å². The van der Waals surface area contributed by atoms with Crippen LogP contribution < -0.4 is 15.4 Å². The van der Waals surface area contributed by atoms with Gasteiger partial charge in [-0.1, -0.05) is 19.1 Å². The summed E-state index contributed by atoms with van der Waals surface area (Å²) in [5.41, 5.74) is 0.794. The molecule has 0 aliphatic rings. The van der Waals surface area contributed by atoms with E-state index in [9.17, 15) is 14.0 Å². The number of benzene rings is 2. The number of halogens is 1. The van der Waals surface area contributed by atoms with E-state index in [2.05, 4.69) is 10.6 Å². The van der Waals surface area contributed by atoms with Crippen LogP contribution in [0.15, 0.2) is 48.5 Å². The lowest BCUT2D eigenvalue weighted by molar-refractivity contribution is -0.122. The smallest absolute Gasteiger partial charge is 0.265 e. The Morgan fingerprint density at radius 2 is 1.73 bits per heavy atom. The molecule has 0 aliphatic heterocycles. The first-order valence-corrected chi connectivity index (χ1v) is 8.53. The second kappa shape index (κ2) is 8.99. The number of amides is 2. The monoisotopic (exact) mass is 358 g/mol. The van der Waals surface area contributed by atoms with Crippen LogP contribution in [0.1, 0.15) is 37.6 Å². The molecule has 0 saturated carbocycles. The number of hydrogen-bond donors (Lipinski definition) is 2. The number of nitrogens with one attached hydrogen (secondary N) is 2. The minimum atomic E-state index is -0.814. The van der Waals surface area contributed by atoms with Crippen molar-refractivity contribution < 1.29 is 18.7 Å². The Kier molecular flexibility index (Phi) is 6.72. The van der Waals surface area contributed by atoms with Crippen LogP contribution in [0.3, 0.4) is 0 Å². The van der Waals surface area contributed by atoms with Gasteiger partial charge in [-0.2, -0.15) is 0 Å². The van der Waals surface area contributed by atoms with Crippen molar-refractivity contribution in [2.75, 3.05) is 5.32 Å². The average Bonchev–Trinajstić information content (AvgIpc) is 2.63. The molecule has 2 atom stereocenters. The van der Waals surface area contributed by atoms with E-state index in [1.807, 2.05) is 13.8 Å². The number of ether oxygens (including phenoxy) is 1. The van der Waals surface area contributed by atoms with E-state index < -0.39 is 12.0 Å². The summed E-state index contributed by atoms with van der Waals surface area (Å²) in [5, 5.41) is 5.59. The number of hydrogen-bond acceptors (Lipinski definition) is 3. The molecule has 0 unspecified atom stereocenters. The molecule has 0 fully saturated rings. The largest absolute Gasteiger partial charge is 0.481 e. The molecule has 5 nitrogen and oxygen atoms in total. The molecular weight excluding hydrogens is 335 g/mol. The highest BCUT2D eigenvalue weighted by molar-refractivity contribution is 6.04. The topological polar surface area (TPSA) is 67.4 Å². The third kappa shape index (κ3) is 5.31. The highest BCUT2D eigenvalue weighted by Crippen LogP contribution is 2.17. The van der Waals surface area contributed by atoms with Crippen LogP contribution in [0.25, 0.3) is 0 Å². The highest BCUT2D eigenvalue weighted by Gasteiger charge is 2.19. The van der Waals surface area contributed by atoms with E-state index in [0.29, 0.717) is 17.0 Å². The molecule has 0 aromatic heterocycles. The Labute approximate surface area is 152 Å². The maximum atomic E-state index is 12.9. The van der Waals surface area contributed by atoms with Gasteiger partial charge in [0.25, 0.3) is 11.8 Å². The molecule has 2 amide bonds. The van der Waals surface area contributed by atoms with Crippen LogP contribution in [-0.2, 0) is 4.79 Å². The zero-order valence-corrected chi connectivity index (χ0v) is 15.1. The average molecular weight is 358 g/mol. The molecule has 0 heterocycles. The lowest BCUT2D eigenvalue weighted by Gasteiger charge is -2.17. The van der Waals surface area contributed by atoms with Crippen molar-refractivity contribution in [3.63, 3.8) is 0 Å². The SMILES string of the molecule is CC[C@@H](C)NC(=O)c1ccccc1NC(=O)[C@H](C)Oc1ccc(F)cc1. The van der Waals surface area contributed by atoms with Gasteiger partial charge in [-0.15, -0.1) is 0 Å². The highest BCUT2D eigenvalue weighted by atomic mass is 19.1. The molecule has 6 heteroatoms. The van der Waals surface area contributed by atoms with Crippen LogP contribution in [-0.4, -0.2) is 24.0 Å². The van der Waals surface area contributed by atoms with E-state index in [1.54, 1.807) is 31.2 Å². The minimum Gasteiger partial charge on any atom is -0.481 e. The van der Waals surface area contributed by atoms with E-state index in [4.69, 9.17) is 4.74 Å². The molecule has 138 valence electrons. The molecule has 0 spiro atoms. The fourth-order valence-electron chi connectivity index (χ4n) is 2.20. The molecule has 2 aromatic rings. The van der Waals surface area contributed by atoms with Gasteiger partial charge in [0.05, 0.1) is 11.3 Å². The predicted octanol–water partition coefficient (Wildman–Crippen LogP) is 3.76. The van der Waals surface area contributed by atoms with Crippen molar-refractivity contribution in [2.45, 2.75) is 39.3 Å². The summed E-state index contributed by atoms with van der Waals surface area (Å²) < 4.78 is 18.4. The van der Waals surface area contributed by atoms with Gasteiger partial charge >= 0.3 is 0 Å². The number of carbonyl (C=O) groups excluding carboxylic acids is 2. The summed E-state index contributed by atoms with van der Waals surface area (Å²) in [6.45, 7) is 5.48. The van der Waals surface area contributed by atoms with E-state index in [-0.39, 0.29) is 17.8 Å². The fraction of sp³-hybridized carbons (Fsp3) is 0.300. The van der Waals surface area contributed by atoms with Crippen molar-refractivity contribution in [3.8, 4) is 5.75 Å². The van der Waals surface area contributed by atoms with Gasteiger partial charge in [-0.3, -0.25) is 9.59 Å². The van der Waals surface area contributed by atoms with Gasteiger partial charge in [-0.25, -0.2) is 4.39 Å². The molecule has 0 bridgehead atoms. The Morgan fingerprint density at radius 1 is 1.08 bits per heavy atom. The molecule has 0 radical (unpaired) electrons. The third-order valence-corrected chi connectivity index (χ3v) is 3.92. The number of para-hydroxylation sites is 1. The van der Waals surface area contributed by atoms with Crippen molar-refractivity contribution in [1.29, 1.82) is 0 Å². The van der Waals surface area contributed by atoms with Crippen molar-refractivity contribution >= 4 is 17.5 Å². The van der Waals surface area contributed by atoms with Gasteiger partial charge < -0.3 is 15.4 Å². The van der Waals surface area contributed by atoms with Crippen LogP contribution in [0.5, 0.6) is 5.75 Å². The first-order valence-electron chi connectivity index (χ1n) is 8.53. The first-order chi connectivity index (χ1) is 12.4. The van der Waals surface area contributed by atoms with Crippen LogP contribution in [0.4, 0.5) is 10.1 Å². The minimum absolute atomic E-state index is 0.0343. The van der Waals surface area contributed by atoms with Crippen molar-refractivity contribution in [1.82, 2.24) is 5.32 Å². The van der Waals surface area contributed by atoms with Crippen molar-refractivity contribution in [3.05, 3.63) is 59.9 Å². The second-order valence-electron chi connectivity index (χ2n) is 6.03. The summed E-state index contributed by atoms with van der Waals surface area (Å²) >= 11 is 0. The van der Waals surface area contributed by atoms with Gasteiger partial charge in [0, 0.05) is 6.04 Å². The number of anilines is 1. The zero-order chi connectivity index (χ0) is 19.1. The molecule has 0 aliphatic carbocycles. The first kappa shape index (κ1) is 19.4. The van der Waals surface area contributed by atoms with Crippen molar-refractivity contribution in [2.24, 2.45) is 0 Å². The fourth-order valence-corrected chi connectivity index (χ4v) is 2.20. The third-order valence-electron chi connectivity index (χ3n) is 3.92. The lowest BCUT2D eigenvalue weighted by atomic mass is 10.1. The molecule has 2 N–H and O–H groups in total. The summed E-state index contributed by atoms with van der Waals surface area (Å²) in [6, 6.07) is 12.2. The summed E-state index contributed by atoms with van der Waals surface area (Å²) in [4.78, 5) is 24.8. The number of carbonyl (C=O) groups is 2. The van der Waals surface area contributed by atoms with Gasteiger partial charge in [0.1, 0.15) is 11.6 Å². The molecule has 2 rings (SSSR count). The summed E-state index contributed by atoms with van der Waals surface area (Å²) in [7, 11) is 0. The van der Waals surface area contributed by atoms with Gasteiger partial charge in [0.15, 0.2) is 6.10 Å². The normalized spacial score (nSPS) is 12.8. The quantitative estimate of drug-likeness (QED) is 0.792. The van der Waals surface area contributed by atoms with Crippen LogP contribution in [0, 0.1) is 5.82 Å². The van der Waals surface area contributed by atoms with Crippen LogP contribution in [0.2, 0.25) is 0 Å². The molecular formula is C20H23FN2O3. The molecule has 26 heavy (non-hydrogen) atoms. The number of rotatable bonds is 7. The Morgan fingerprint density at radius 3 is 2.38 bits per heavy atom. The van der Waals surface area contributed by atoms with Gasteiger partial charge in [-0.05, 0) is 56.7 Å². The predicted molar refractivity (Wildman–Crippen MR) is 98.8 cm³/mol. The Balaban J connectivity index is 2.06. The standard InChI is InChI=1S/C20H23FN2O3/c1-4-13(2)22-20(25)17-7-5-6-8-18(17)23-19(24)14(3)26-16-11-9-15(21)10-12-16/h5-14H,4H2,1-3H3,(H,22,25)(H,23,24)/t13-,14+/m1/s1. The van der Waals surface area contributed by atoms with Crippen LogP contribution >= 0.6 is 0 Å². The Hall–Kier alpha value is -2.89. The van der Waals surface area contributed by atoms with Gasteiger partial charge in [0.2, 0.25) is 0 Å². The lowest BCUT2D eigenvalue weighted by Crippen LogP contribution is -2.34. The summed E-state index contributed by atoms with van der Waals surface area (Å²) in [5.74, 6) is -0.645. The van der Waals surface area contributed by atoms with E-state index in [0.717, 1.165) is 6.42 Å². The molecule has 2 aromatic carbocycles. The zero-order valence-electron chi connectivity index (χ0n) is 15.1.